The highest BCUT2D eigenvalue weighted by Crippen LogP contribution is 2.17. The number of carbonyl (C=O) groups excluding carboxylic acids is 1. The molecule has 0 spiro atoms. The molecule has 0 aromatic heterocycles. The Hall–Kier alpha value is -1.54. The molecule has 0 aromatic rings. The van der Waals surface area contributed by atoms with E-state index in [9.17, 15) is 10.1 Å². The van der Waals surface area contributed by atoms with Crippen LogP contribution in [0.15, 0.2) is 11.8 Å². The van der Waals surface area contributed by atoms with E-state index in [-0.39, 0.29) is 11.5 Å². The largest absolute Gasteiger partial charge is 0.376 e. The Balaban J connectivity index is 2.01. The van der Waals surface area contributed by atoms with Crippen molar-refractivity contribution in [3.63, 3.8) is 0 Å². The van der Waals surface area contributed by atoms with Crippen LogP contribution in [0.4, 0.5) is 0 Å². The van der Waals surface area contributed by atoms with Crippen LogP contribution in [0.2, 0.25) is 0 Å². The van der Waals surface area contributed by atoms with Crippen molar-refractivity contribution < 1.29 is 4.79 Å². The van der Waals surface area contributed by atoms with Gasteiger partial charge in [0, 0.05) is 45.5 Å². The van der Waals surface area contributed by atoms with Crippen molar-refractivity contribution >= 4 is 5.91 Å². The third-order valence-corrected chi connectivity index (χ3v) is 3.76. The molecule has 104 valence electrons. The van der Waals surface area contributed by atoms with Crippen LogP contribution in [-0.2, 0) is 4.79 Å². The average Bonchev–Trinajstić information content (AvgIpc) is 2.45. The molecule has 2 fully saturated rings. The first-order valence-electron chi connectivity index (χ1n) is 7.06. The van der Waals surface area contributed by atoms with Gasteiger partial charge in [-0.25, -0.2) is 0 Å². The minimum atomic E-state index is -0.123. The standard InChI is InChI=1S/C14H22N4O/c1-12-3-2-6-17(10-12)11-13(9-15)14(19)18-7-4-16-5-8-18/h11-12,16H,2-8,10H2,1H3/b13-11-. The SMILES string of the molecule is CC1CCCN(/C=C(/C#N)C(=O)N2CCNCC2)C1. The van der Waals surface area contributed by atoms with Crippen molar-refractivity contribution in [2.45, 2.75) is 19.8 Å². The van der Waals surface area contributed by atoms with Crippen LogP contribution in [0.1, 0.15) is 19.8 Å². The lowest BCUT2D eigenvalue weighted by atomic mass is 10.0. The maximum atomic E-state index is 12.3. The van der Waals surface area contributed by atoms with E-state index in [1.165, 1.54) is 6.42 Å². The monoisotopic (exact) mass is 262 g/mol. The lowest BCUT2D eigenvalue weighted by Crippen LogP contribution is -2.47. The zero-order valence-corrected chi connectivity index (χ0v) is 11.6. The third-order valence-electron chi connectivity index (χ3n) is 3.76. The van der Waals surface area contributed by atoms with E-state index >= 15 is 0 Å². The summed E-state index contributed by atoms with van der Waals surface area (Å²) in [6, 6.07) is 2.07. The van der Waals surface area contributed by atoms with Gasteiger partial charge in [-0.15, -0.1) is 0 Å². The number of piperidine rings is 1. The second-order valence-corrected chi connectivity index (χ2v) is 5.44. The zero-order valence-electron chi connectivity index (χ0n) is 11.6. The van der Waals surface area contributed by atoms with Crippen molar-refractivity contribution in [2.75, 3.05) is 39.3 Å². The van der Waals surface area contributed by atoms with Gasteiger partial charge in [-0.3, -0.25) is 4.79 Å². The number of amides is 1. The molecular formula is C14H22N4O. The molecule has 2 aliphatic rings. The molecule has 1 unspecified atom stereocenters. The minimum Gasteiger partial charge on any atom is -0.376 e. The van der Waals surface area contributed by atoms with E-state index < -0.39 is 0 Å². The van der Waals surface area contributed by atoms with Gasteiger partial charge in [0.2, 0.25) is 0 Å². The number of rotatable bonds is 2. The Morgan fingerprint density at radius 2 is 2.11 bits per heavy atom. The summed E-state index contributed by atoms with van der Waals surface area (Å²) in [4.78, 5) is 16.1. The molecule has 0 bridgehead atoms. The topological polar surface area (TPSA) is 59.4 Å². The molecule has 2 saturated heterocycles. The van der Waals surface area contributed by atoms with E-state index in [1.54, 1.807) is 11.1 Å². The Kier molecular flexibility index (Phi) is 4.80. The van der Waals surface area contributed by atoms with Crippen molar-refractivity contribution in [3.8, 4) is 6.07 Å². The van der Waals surface area contributed by atoms with Gasteiger partial charge < -0.3 is 15.1 Å². The van der Waals surface area contributed by atoms with Crippen LogP contribution in [0.25, 0.3) is 0 Å². The molecule has 0 saturated carbocycles. The molecule has 2 rings (SSSR count). The quantitative estimate of drug-likeness (QED) is 0.583. The van der Waals surface area contributed by atoms with E-state index in [1.807, 2.05) is 0 Å². The van der Waals surface area contributed by atoms with Gasteiger partial charge in [0.1, 0.15) is 11.6 Å². The number of hydrogen-bond acceptors (Lipinski definition) is 4. The number of carbonyl (C=O) groups is 1. The molecule has 19 heavy (non-hydrogen) atoms. The van der Waals surface area contributed by atoms with Crippen molar-refractivity contribution in [3.05, 3.63) is 11.8 Å². The highest BCUT2D eigenvalue weighted by molar-refractivity contribution is 5.97. The van der Waals surface area contributed by atoms with Gasteiger partial charge >= 0.3 is 0 Å². The molecule has 2 heterocycles. The first kappa shape index (κ1) is 13.9. The smallest absolute Gasteiger partial charge is 0.266 e. The number of nitriles is 1. The van der Waals surface area contributed by atoms with Crippen LogP contribution >= 0.6 is 0 Å². The summed E-state index contributed by atoms with van der Waals surface area (Å²) in [5.41, 5.74) is 0.274. The first-order valence-corrected chi connectivity index (χ1v) is 7.06. The number of piperazine rings is 1. The summed E-state index contributed by atoms with van der Waals surface area (Å²) in [5, 5.41) is 12.4. The lowest BCUT2D eigenvalue weighted by Gasteiger charge is -2.31. The van der Waals surface area contributed by atoms with Gasteiger partial charge in [0.25, 0.3) is 5.91 Å². The maximum Gasteiger partial charge on any atom is 0.266 e. The van der Waals surface area contributed by atoms with Crippen LogP contribution < -0.4 is 5.32 Å². The van der Waals surface area contributed by atoms with Crippen molar-refractivity contribution in [2.24, 2.45) is 5.92 Å². The van der Waals surface area contributed by atoms with Gasteiger partial charge in [-0.1, -0.05) is 6.92 Å². The Bertz CT molecular complexity index is 393. The average molecular weight is 262 g/mol. The molecule has 0 radical (unpaired) electrons. The Morgan fingerprint density at radius 1 is 1.37 bits per heavy atom. The second-order valence-electron chi connectivity index (χ2n) is 5.44. The zero-order chi connectivity index (χ0) is 13.7. The highest BCUT2D eigenvalue weighted by Gasteiger charge is 2.22. The summed E-state index contributed by atoms with van der Waals surface area (Å²) >= 11 is 0. The predicted octanol–water partition coefficient (Wildman–Crippen LogP) is 0.558. The molecule has 1 atom stereocenters. The normalized spacial score (nSPS) is 25.1. The fourth-order valence-electron chi connectivity index (χ4n) is 2.70. The van der Waals surface area contributed by atoms with E-state index in [2.05, 4.69) is 23.2 Å². The maximum absolute atomic E-state index is 12.3. The van der Waals surface area contributed by atoms with E-state index in [0.29, 0.717) is 19.0 Å². The Labute approximate surface area is 114 Å². The van der Waals surface area contributed by atoms with Crippen LogP contribution in [0.5, 0.6) is 0 Å². The van der Waals surface area contributed by atoms with Crippen molar-refractivity contribution in [1.82, 2.24) is 15.1 Å². The molecule has 1 amide bonds. The fraction of sp³-hybridized carbons (Fsp3) is 0.714. The molecule has 2 aliphatic heterocycles. The van der Waals surface area contributed by atoms with E-state index in [4.69, 9.17) is 0 Å². The first-order chi connectivity index (χ1) is 9.20. The molecule has 0 aliphatic carbocycles. The number of nitrogens with zero attached hydrogens (tertiary/aromatic N) is 3. The molecular weight excluding hydrogens is 240 g/mol. The molecule has 0 aromatic carbocycles. The van der Waals surface area contributed by atoms with Gasteiger partial charge in [-0.2, -0.15) is 5.26 Å². The van der Waals surface area contributed by atoms with Crippen LogP contribution in [0, 0.1) is 17.2 Å². The second kappa shape index (κ2) is 6.58. The van der Waals surface area contributed by atoms with Crippen LogP contribution in [0.3, 0.4) is 0 Å². The van der Waals surface area contributed by atoms with Gasteiger partial charge in [-0.05, 0) is 18.8 Å². The van der Waals surface area contributed by atoms with Crippen LogP contribution in [-0.4, -0.2) is 55.0 Å². The number of likely N-dealkylation sites (tertiary alicyclic amines) is 1. The lowest BCUT2D eigenvalue weighted by molar-refractivity contribution is -0.127. The summed E-state index contributed by atoms with van der Waals surface area (Å²) in [6.45, 7) is 7.10. The van der Waals surface area contributed by atoms with Gasteiger partial charge in [0.15, 0.2) is 0 Å². The Morgan fingerprint density at radius 3 is 2.74 bits per heavy atom. The third kappa shape index (κ3) is 3.71. The fourth-order valence-corrected chi connectivity index (χ4v) is 2.70. The molecule has 5 nitrogen and oxygen atoms in total. The van der Waals surface area contributed by atoms with Gasteiger partial charge in [0.05, 0.1) is 0 Å². The number of hydrogen-bond donors (Lipinski definition) is 1. The number of nitrogens with one attached hydrogen (secondary N) is 1. The highest BCUT2D eigenvalue weighted by atomic mass is 16.2. The summed E-state index contributed by atoms with van der Waals surface area (Å²) in [7, 11) is 0. The van der Waals surface area contributed by atoms with E-state index in [0.717, 1.165) is 32.6 Å². The molecule has 5 heteroatoms. The summed E-state index contributed by atoms with van der Waals surface area (Å²) in [5.74, 6) is 0.515. The van der Waals surface area contributed by atoms with Crippen molar-refractivity contribution in [1.29, 1.82) is 5.26 Å². The summed E-state index contributed by atoms with van der Waals surface area (Å²) < 4.78 is 0. The predicted molar refractivity (Wildman–Crippen MR) is 73.1 cm³/mol. The summed E-state index contributed by atoms with van der Waals surface area (Å²) in [6.07, 6.45) is 4.14. The molecule has 1 N–H and O–H groups in total. The minimum absolute atomic E-state index is 0.123.